The Morgan fingerprint density at radius 3 is 2.29 bits per heavy atom. The molecule has 1 heterocycles. The summed E-state index contributed by atoms with van der Waals surface area (Å²) in [7, 11) is 0. The summed E-state index contributed by atoms with van der Waals surface area (Å²) in [6, 6.07) is 15.4. The van der Waals surface area contributed by atoms with E-state index in [-0.39, 0.29) is 36.9 Å². The quantitative estimate of drug-likeness (QED) is 0.437. The van der Waals surface area contributed by atoms with E-state index in [1.807, 2.05) is 44.2 Å². The van der Waals surface area contributed by atoms with Gasteiger partial charge < -0.3 is 10.2 Å². The van der Waals surface area contributed by atoms with E-state index in [9.17, 15) is 14.4 Å². The highest BCUT2D eigenvalue weighted by molar-refractivity contribution is 6.36. The van der Waals surface area contributed by atoms with Crippen LogP contribution < -0.4 is 10.2 Å². The number of anilines is 1. The third-order valence-electron chi connectivity index (χ3n) is 6.50. The Hall–Kier alpha value is -3.09. The lowest BCUT2D eigenvalue weighted by molar-refractivity contribution is -0.139. The van der Waals surface area contributed by atoms with Gasteiger partial charge in [-0.15, -0.1) is 0 Å². The van der Waals surface area contributed by atoms with Crippen molar-refractivity contribution in [1.82, 2.24) is 10.2 Å². The fourth-order valence-electron chi connectivity index (χ4n) is 4.26. The second kappa shape index (κ2) is 10.3. The number of nitrogens with zero attached hydrogens (tertiary/aromatic N) is 2. The average molecular weight is 512 g/mol. The first-order valence-corrected chi connectivity index (χ1v) is 12.3. The zero-order valence-corrected chi connectivity index (χ0v) is 21.4. The molecule has 35 heavy (non-hydrogen) atoms. The minimum Gasteiger partial charge on any atom is -0.352 e. The Morgan fingerprint density at radius 1 is 1.00 bits per heavy atom. The zero-order chi connectivity index (χ0) is 25.3. The summed E-state index contributed by atoms with van der Waals surface area (Å²) in [6.07, 6.45) is 0.757. The van der Waals surface area contributed by atoms with Crippen LogP contribution in [-0.2, 0) is 16.1 Å². The van der Waals surface area contributed by atoms with E-state index < -0.39 is 6.04 Å². The molecule has 3 amide bonds. The van der Waals surface area contributed by atoms with Crippen molar-refractivity contribution in [3.63, 3.8) is 0 Å². The smallest absolute Gasteiger partial charge is 0.259 e. The van der Waals surface area contributed by atoms with E-state index in [1.165, 1.54) is 9.80 Å². The van der Waals surface area contributed by atoms with E-state index in [0.29, 0.717) is 26.9 Å². The summed E-state index contributed by atoms with van der Waals surface area (Å²) in [6.45, 7) is 5.37. The molecule has 0 radical (unpaired) electrons. The van der Waals surface area contributed by atoms with Gasteiger partial charge in [0.15, 0.2) is 0 Å². The minimum absolute atomic E-state index is 0.0333. The summed E-state index contributed by atoms with van der Waals surface area (Å²) < 4.78 is 0. The number of amides is 3. The molecule has 0 aromatic heterocycles. The van der Waals surface area contributed by atoms with Gasteiger partial charge in [0.2, 0.25) is 11.8 Å². The summed E-state index contributed by atoms with van der Waals surface area (Å²) in [5, 5.41) is 5.50. The Bertz CT molecular complexity index is 1280. The van der Waals surface area contributed by atoms with Gasteiger partial charge in [-0.1, -0.05) is 60.5 Å². The van der Waals surface area contributed by atoms with Crippen LogP contribution >= 0.6 is 23.2 Å². The van der Waals surface area contributed by atoms with Gasteiger partial charge in [0.05, 0.1) is 5.69 Å². The molecule has 0 saturated heterocycles. The number of nitrogens with one attached hydrogen (secondary N) is 1. The van der Waals surface area contributed by atoms with Crippen molar-refractivity contribution in [3.05, 3.63) is 75.8 Å². The van der Waals surface area contributed by atoms with E-state index in [0.717, 1.165) is 17.2 Å². The number of carbonyl (C=O) groups is 3. The van der Waals surface area contributed by atoms with Crippen LogP contribution in [0.2, 0.25) is 10.0 Å². The molecule has 0 aliphatic carbocycles. The lowest BCUT2D eigenvalue weighted by atomic mass is 10.1. The van der Waals surface area contributed by atoms with Crippen LogP contribution in [0.25, 0.3) is 10.8 Å². The lowest BCUT2D eigenvalue weighted by Gasteiger charge is -2.31. The van der Waals surface area contributed by atoms with Crippen LogP contribution in [-0.4, -0.2) is 41.2 Å². The highest BCUT2D eigenvalue weighted by Gasteiger charge is 2.34. The second-order valence-electron chi connectivity index (χ2n) is 8.79. The van der Waals surface area contributed by atoms with Gasteiger partial charge in [-0.3, -0.25) is 19.3 Å². The second-order valence-corrected chi connectivity index (χ2v) is 9.60. The van der Waals surface area contributed by atoms with Gasteiger partial charge in [0.25, 0.3) is 5.91 Å². The average Bonchev–Trinajstić information content (AvgIpc) is 3.11. The molecule has 4 rings (SSSR count). The molecule has 2 atom stereocenters. The third-order valence-corrected chi connectivity index (χ3v) is 7.21. The Balaban J connectivity index is 1.66. The van der Waals surface area contributed by atoms with Crippen molar-refractivity contribution in [1.29, 1.82) is 0 Å². The molecule has 1 aliphatic rings. The number of carbonyl (C=O) groups excluding carboxylic acids is 3. The van der Waals surface area contributed by atoms with Crippen molar-refractivity contribution < 1.29 is 14.4 Å². The number of rotatable bonds is 8. The molecule has 1 N–H and O–H groups in total. The third kappa shape index (κ3) is 4.86. The number of hydrogen-bond acceptors (Lipinski definition) is 3. The Morgan fingerprint density at radius 2 is 1.63 bits per heavy atom. The van der Waals surface area contributed by atoms with Crippen molar-refractivity contribution in [3.8, 4) is 0 Å². The molecule has 8 heteroatoms. The first kappa shape index (κ1) is 25.0. The largest absolute Gasteiger partial charge is 0.352 e. The molecule has 0 fully saturated rings. The molecule has 0 unspecified atom stereocenters. The molecule has 182 valence electrons. The van der Waals surface area contributed by atoms with Crippen molar-refractivity contribution in [2.45, 2.75) is 45.8 Å². The fraction of sp³-hybridized carbons (Fsp3) is 0.296. The van der Waals surface area contributed by atoms with Crippen molar-refractivity contribution in [2.24, 2.45) is 0 Å². The number of benzene rings is 3. The number of halogens is 2. The number of hydrogen-bond donors (Lipinski definition) is 1. The van der Waals surface area contributed by atoms with Gasteiger partial charge >= 0.3 is 0 Å². The van der Waals surface area contributed by atoms with Gasteiger partial charge in [0.1, 0.15) is 12.6 Å². The molecule has 0 spiro atoms. The van der Waals surface area contributed by atoms with Crippen molar-refractivity contribution >= 4 is 57.4 Å². The first-order chi connectivity index (χ1) is 16.7. The highest BCUT2D eigenvalue weighted by Crippen LogP contribution is 2.37. The maximum Gasteiger partial charge on any atom is 0.259 e. The van der Waals surface area contributed by atoms with E-state index in [2.05, 4.69) is 5.32 Å². The zero-order valence-electron chi connectivity index (χ0n) is 19.8. The standard InChI is InChI=1S/C27H27Cl2N3O3/c1-4-16(2)30-26(34)17(3)31(14-20-21(28)11-7-12-22(20)29)24(33)15-32-23-13-6-9-18-8-5-10-19(25(18)23)27(32)35/h5-13,16-17H,4,14-15H2,1-3H3,(H,30,34)/t16-,17-/m0/s1. The van der Waals surface area contributed by atoms with Crippen LogP contribution in [0.4, 0.5) is 5.69 Å². The normalized spacial score (nSPS) is 14.2. The molecule has 3 aromatic carbocycles. The van der Waals surface area contributed by atoms with Crippen LogP contribution in [0.1, 0.15) is 43.1 Å². The van der Waals surface area contributed by atoms with E-state index in [1.54, 1.807) is 31.2 Å². The van der Waals surface area contributed by atoms with Crippen LogP contribution in [0.3, 0.4) is 0 Å². The predicted octanol–water partition coefficient (Wildman–Crippen LogP) is 5.44. The SMILES string of the molecule is CC[C@H](C)NC(=O)[C@H](C)N(Cc1c(Cl)cccc1Cl)C(=O)CN1C(=O)c2cccc3cccc1c23. The monoisotopic (exact) mass is 511 g/mol. The van der Waals surface area contributed by atoms with Crippen LogP contribution in [0, 0.1) is 0 Å². The Kier molecular flexibility index (Phi) is 7.33. The lowest BCUT2D eigenvalue weighted by Crippen LogP contribution is -2.52. The minimum atomic E-state index is -0.806. The van der Waals surface area contributed by atoms with E-state index in [4.69, 9.17) is 23.2 Å². The van der Waals surface area contributed by atoms with E-state index >= 15 is 0 Å². The summed E-state index contributed by atoms with van der Waals surface area (Å²) in [5.74, 6) is -0.905. The highest BCUT2D eigenvalue weighted by atomic mass is 35.5. The maximum atomic E-state index is 13.7. The maximum absolute atomic E-state index is 13.7. The summed E-state index contributed by atoms with van der Waals surface area (Å²) in [5.41, 5.74) is 1.79. The van der Waals surface area contributed by atoms with Crippen LogP contribution in [0.15, 0.2) is 54.6 Å². The molecule has 3 aromatic rings. The fourth-order valence-corrected chi connectivity index (χ4v) is 4.78. The van der Waals surface area contributed by atoms with Gasteiger partial charge in [-0.25, -0.2) is 0 Å². The predicted molar refractivity (Wildman–Crippen MR) is 140 cm³/mol. The Labute approximate surface area is 214 Å². The van der Waals surface area contributed by atoms with Crippen LogP contribution in [0.5, 0.6) is 0 Å². The molecule has 6 nitrogen and oxygen atoms in total. The van der Waals surface area contributed by atoms with Gasteiger partial charge in [-0.2, -0.15) is 0 Å². The molecular weight excluding hydrogens is 485 g/mol. The first-order valence-electron chi connectivity index (χ1n) is 11.6. The molecule has 0 saturated carbocycles. The van der Waals surface area contributed by atoms with Gasteiger partial charge in [-0.05, 0) is 49.9 Å². The summed E-state index contributed by atoms with van der Waals surface area (Å²) in [4.78, 5) is 42.8. The summed E-state index contributed by atoms with van der Waals surface area (Å²) >= 11 is 12.8. The molecule has 0 bridgehead atoms. The molecular formula is C27H27Cl2N3O3. The topological polar surface area (TPSA) is 69.7 Å². The van der Waals surface area contributed by atoms with Crippen molar-refractivity contribution in [2.75, 3.05) is 11.4 Å². The molecule has 1 aliphatic heterocycles. The van der Waals surface area contributed by atoms with Gasteiger partial charge in [0, 0.05) is 39.1 Å².